The minimum absolute atomic E-state index is 0.173. The van der Waals surface area contributed by atoms with Crippen LogP contribution in [0.4, 0.5) is 0 Å². The number of Topliss-reactive ketones (excluding diaryl/α,β-unsaturated/α-hetero) is 1. The maximum atomic E-state index is 11.7. The Morgan fingerprint density at radius 3 is 2.07 bits per heavy atom. The van der Waals surface area contributed by atoms with Crippen molar-refractivity contribution in [2.24, 2.45) is 5.41 Å². The van der Waals surface area contributed by atoms with Crippen LogP contribution in [-0.2, 0) is 14.4 Å². The molecule has 78 valence electrons. The Labute approximate surface area is 88.2 Å². The maximum Gasteiger partial charge on any atom is 0.222 e. The van der Waals surface area contributed by atoms with Crippen molar-refractivity contribution in [3.05, 3.63) is 37.5 Å². The van der Waals surface area contributed by atoms with Crippen molar-refractivity contribution in [3.8, 4) is 0 Å². The topological polar surface area (TPSA) is 51.2 Å². The number of carbonyl (C=O) groups excluding carboxylic acids is 3. The summed E-state index contributed by atoms with van der Waals surface area (Å²) in [6.45, 7) is 7.00. The number of hydrogen-bond donors (Lipinski definition) is 0. The second kappa shape index (κ2) is 4.17. The first-order chi connectivity index (χ1) is 7.08. The predicted molar refractivity (Wildman–Crippen MR) is 56.2 cm³/mol. The van der Waals surface area contributed by atoms with Crippen molar-refractivity contribution < 1.29 is 14.4 Å². The van der Waals surface area contributed by atoms with Gasteiger partial charge in [-0.3, -0.25) is 14.4 Å². The lowest BCUT2D eigenvalue weighted by Crippen LogP contribution is -2.44. The van der Waals surface area contributed by atoms with E-state index >= 15 is 0 Å². The van der Waals surface area contributed by atoms with Gasteiger partial charge in [0.1, 0.15) is 5.41 Å². The van der Waals surface area contributed by atoms with Gasteiger partial charge < -0.3 is 0 Å². The Morgan fingerprint density at radius 1 is 1.07 bits per heavy atom. The van der Waals surface area contributed by atoms with Crippen LogP contribution in [0, 0.1) is 5.41 Å². The van der Waals surface area contributed by atoms with Gasteiger partial charge in [-0.25, -0.2) is 0 Å². The molecule has 0 saturated carbocycles. The highest BCUT2D eigenvalue weighted by Crippen LogP contribution is 2.33. The van der Waals surface area contributed by atoms with Gasteiger partial charge in [-0.15, -0.1) is 13.2 Å². The quantitative estimate of drug-likeness (QED) is 0.395. The lowest BCUT2D eigenvalue weighted by atomic mass is 9.70. The van der Waals surface area contributed by atoms with E-state index in [0.717, 1.165) is 12.2 Å². The van der Waals surface area contributed by atoms with Gasteiger partial charge in [0.15, 0.2) is 5.78 Å². The van der Waals surface area contributed by atoms with E-state index < -0.39 is 17.0 Å². The van der Waals surface area contributed by atoms with Crippen LogP contribution in [0.5, 0.6) is 0 Å². The van der Waals surface area contributed by atoms with Gasteiger partial charge in [0.25, 0.3) is 0 Å². The average Bonchev–Trinajstić information content (AvgIpc) is 2.22. The van der Waals surface area contributed by atoms with Crippen LogP contribution >= 0.6 is 0 Å². The Balaban J connectivity index is 3.24. The lowest BCUT2D eigenvalue weighted by Gasteiger charge is -2.28. The summed E-state index contributed by atoms with van der Waals surface area (Å²) in [7, 11) is 0. The third kappa shape index (κ3) is 1.73. The molecule has 0 aromatic rings. The van der Waals surface area contributed by atoms with Crippen molar-refractivity contribution in [3.63, 3.8) is 0 Å². The molecule has 0 aromatic heterocycles. The molecule has 3 heteroatoms. The second-order valence-corrected chi connectivity index (χ2v) is 3.46. The molecular weight excluding hydrogens is 192 g/mol. The van der Waals surface area contributed by atoms with Gasteiger partial charge in [0, 0.05) is 0 Å². The largest absolute Gasteiger partial charge is 0.294 e. The fourth-order valence-electron chi connectivity index (χ4n) is 1.70. The van der Waals surface area contributed by atoms with Crippen LogP contribution in [0.3, 0.4) is 0 Å². The monoisotopic (exact) mass is 204 g/mol. The van der Waals surface area contributed by atoms with Crippen molar-refractivity contribution in [2.45, 2.75) is 12.8 Å². The summed E-state index contributed by atoms with van der Waals surface area (Å²) in [4.78, 5) is 34.7. The molecular formula is C12H12O3. The maximum absolute atomic E-state index is 11.7. The van der Waals surface area contributed by atoms with E-state index in [-0.39, 0.29) is 18.6 Å². The smallest absolute Gasteiger partial charge is 0.222 e. The van der Waals surface area contributed by atoms with Gasteiger partial charge in [-0.2, -0.15) is 0 Å². The molecule has 0 saturated heterocycles. The zero-order chi connectivity index (χ0) is 11.5. The Hall–Kier alpha value is -1.77. The number of allylic oxidation sites excluding steroid dienone is 4. The molecule has 0 fully saturated rings. The van der Waals surface area contributed by atoms with E-state index in [9.17, 15) is 14.4 Å². The molecule has 0 spiro atoms. The first kappa shape index (κ1) is 11.3. The summed E-state index contributed by atoms with van der Waals surface area (Å²) >= 11 is 0. The van der Waals surface area contributed by atoms with Crippen LogP contribution in [0.2, 0.25) is 0 Å². The first-order valence-electron chi connectivity index (χ1n) is 4.61. The lowest BCUT2D eigenvalue weighted by molar-refractivity contribution is -0.146. The molecule has 0 unspecified atom stereocenters. The third-order valence-electron chi connectivity index (χ3n) is 2.50. The highest BCUT2D eigenvalue weighted by atomic mass is 16.2. The van der Waals surface area contributed by atoms with E-state index in [4.69, 9.17) is 0 Å². The number of ketones is 3. The van der Waals surface area contributed by atoms with E-state index in [0.29, 0.717) is 0 Å². The number of hydrogen-bond acceptors (Lipinski definition) is 3. The highest BCUT2D eigenvalue weighted by Gasteiger charge is 2.46. The fraction of sp³-hybridized carbons (Fsp3) is 0.250. The molecule has 0 bridgehead atoms. The summed E-state index contributed by atoms with van der Waals surface area (Å²) in [5.74, 6) is -1.62. The molecule has 0 amide bonds. The van der Waals surface area contributed by atoms with E-state index in [1.165, 1.54) is 12.2 Å². The summed E-state index contributed by atoms with van der Waals surface area (Å²) in [5.41, 5.74) is -1.28. The summed E-state index contributed by atoms with van der Waals surface area (Å²) in [6, 6.07) is 0. The zero-order valence-electron chi connectivity index (χ0n) is 8.36. The molecule has 1 rings (SSSR count). The molecule has 0 atom stereocenters. The summed E-state index contributed by atoms with van der Waals surface area (Å²) in [6.07, 6.45) is 5.49. The molecule has 0 aliphatic heterocycles. The average molecular weight is 204 g/mol. The van der Waals surface area contributed by atoms with Crippen LogP contribution < -0.4 is 0 Å². The number of carbonyl (C=O) groups is 3. The van der Waals surface area contributed by atoms with Crippen molar-refractivity contribution in [2.75, 3.05) is 0 Å². The van der Waals surface area contributed by atoms with Crippen molar-refractivity contribution >= 4 is 17.3 Å². The summed E-state index contributed by atoms with van der Waals surface area (Å²) in [5, 5.41) is 0. The molecule has 1 aliphatic rings. The van der Waals surface area contributed by atoms with Crippen LogP contribution in [0.1, 0.15) is 12.8 Å². The number of rotatable bonds is 4. The molecule has 0 aromatic carbocycles. The SMILES string of the molecule is C=CCC1(CC=C)C(=O)C=CC(=O)C1=O. The Bertz CT molecular complexity index is 364. The Morgan fingerprint density at radius 2 is 1.60 bits per heavy atom. The van der Waals surface area contributed by atoms with Crippen LogP contribution in [-0.4, -0.2) is 17.3 Å². The zero-order valence-corrected chi connectivity index (χ0v) is 8.36. The molecule has 0 radical (unpaired) electrons. The molecule has 3 nitrogen and oxygen atoms in total. The van der Waals surface area contributed by atoms with Crippen molar-refractivity contribution in [1.82, 2.24) is 0 Å². The third-order valence-corrected chi connectivity index (χ3v) is 2.50. The van der Waals surface area contributed by atoms with Crippen LogP contribution in [0.15, 0.2) is 37.5 Å². The minimum atomic E-state index is -1.28. The summed E-state index contributed by atoms with van der Waals surface area (Å²) < 4.78 is 0. The van der Waals surface area contributed by atoms with Gasteiger partial charge >= 0.3 is 0 Å². The van der Waals surface area contributed by atoms with E-state index in [1.807, 2.05) is 0 Å². The molecule has 1 aliphatic carbocycles. The highest BCUT2D eigenvalue weighted by molar-refractivity contribution is 6.50. The molecule has 0 N–H and O–H groups in total. The Kier molecular flexibility index (Phi) is 3.14. The van der Waals surface area contributed by atoms with Gasteiger partial charge in [0.05, 0.1) is 0 Å². The molecule has 0 heterocycles. The van der Waals surface area contributed by atoms with E-state index in [2.05, 4.69) is 13.2 Å². The standard InChI is InChI=1S/C12H12O3/c1-3-7-12(8-4-2)10(14)6-5-9(13)11(12)15/h3-6H,1-2,7-8H2. The predicted octanol–water partition coefficient (Wildman–Crippen LogP) is 1.40. The van der Waals surface area contributed by atoms with E-state index in [1.54, 1.807) is 0 Å². The van der Waals surface area contributed by atoms with Crippen molar-refractivity contribution in [1.29, 1.82) is 0 Å². The van der Waals surface area contributed by atoms with Gasteiger partial charge in [0.2, 0.25) is 11.6 Å². The first-order valence-corrected chi connectivity index (χ1v) is 4.61. The second-order valence-electron chi connectivity index (χ2n) is 3.46. The normalized spacial score (nSPS) is 19.1. The van der Waals surface area contributed by atoms with Gasteiger partial charge in [-0.1, -0.05) is 12.2 Å². The fourth-order valence-corrected chi connectivity index (χ4v) is 1.70. The molecule has 15 heavy (non-hydrogen) atoms. The minimum Gasteiger partial charge on any atom is -0.294 e. The van der Waals surface area contributed by atoms with Gasteiger partial charge in [-0.05, 0) is 25.0 Å². The van der Waals surface area contributed by atoms with Crippen LogP contribution in [0.25, 0.3) is 0 Å².